The second-order valence-electron chi connectivity index (χ2n) is 3.87. The quantitative estimate of drug-likeness (QED) is 0.618. The van der Waals surface area contributed by atoms with Gasteiger partial charge >= 0.3 is 0 Å². The highest BCUT2D eigenvalue weighted by Crippen LogP contribution is 2.32. The molecule has 1 saturated carbocycles. The Kier molecular flexibility index (Phi) is 4.70. The second-order valence-corrected chi connectivity index (χ2v) is 3.87. The normalized spacial score (nSPS) is 21.5. The predicted molar refractivity (Wildman–Crippen MR) is 52.7 cm³/mol. The van der Waals surface area contributed by atoms with Crippen molar-refractivity contribution < 1.29 is 9.84 Å². The number of nitrogens with one attached hydrogen (secondary N) is 1. The summed E-state index contributed by atoms with van der Waals surface area (Å²) in [5, 5.41) is 12.9. The van der Waals surface area contributed by atoms with Gasteiger partial charge in [0.15, 0.2) is 0 Å². The molecule has 13 heavy (non-hydrogen) atoms. The molecule has 0 saturated heterocycles. The molecule has 2 unspecified atom stereocenters. The van der Waals surface area contributed by atoms with Crippen LogP contribution < -0.4 is 5.32 Å². The molecule has 1 aliphatic rings. The molecule has 0 spiro atoms. The van der Waals surface area contributed by atoms with Crippen LogP contribution in [0.1, 0.15) is 26.2 Å². The zero-order valence-corrected chi connectivity index (χ0v) is 8.62. The van der Waals surface area contributed by atoms with Gasteiger partial charge in [-0.25, -0.2) is 0 Å². The van der Waals surface area contributed by atoms with Crippen molar-refractivity contribution in [3.8, 4) is 0 Å². The largest absolute Gasteiger partial charge is 0.392 e. The van der Waals surface area contributed by atoms with Crippen molar-refractivity contribution in [2.75, 3.05) is 20.3 Å². The summed E-state index contributed by atoms with van der Waals surface area (Å²) in [5.41, 5.74) is 0. The molecule has 0 aromatic heterocycles. The van der Waals surface area contributed by atoms with E-state index in [2.05, 4.69) is 12.2 Å². The molecule has 0 heterocycles. The topological polar surface area (TPSA) is 41.5 Å². The van der Waals surface area contributed by atoms with E-state index in [0.29, 0.717) is 18.5 Å². The van der Waals surface area contributed by atoms with Gasteiger partial charge in [-0.05, 0) is 25.2 Å². The third kappa shape index (κ3) is 4.07. The molecular weight excluding hydrogens is 166 g/mol. The smallest absolute Gasteiger partial charge is 0.0692 e. The zero-order valence-electron chi connectivity index (χ0n) is 8.62. The summed E-state index contributed by atoms with van der Waals surface area (Å²) < 4.78 is 5.06. The van der Waals surface area contributed by atoms with Crippen LogP contribution in [-0.2, 0) is 4.74 Å². The highest BCUT2D eigenvalue weighted by atomic mass is 16.5. The highest BCUT2D eigenvalue weighted by Gasteiger charge is 2.29. The standard InChI is InChI=1S/C10H21NO2/c1-3-9(7-13-2)11-6-10(12)8-4-5-8/h8-12H,3-7H2,1-2H3. The molecular formula is C10H21NO2. The Morgan fingerprint density at radius 1 is 1.54 bits per heavy atom. The van der Waals surface area contributed by atoms with E-state index in [9.17, 15) is 5.11 Å². The van der Waals surface area contributed by atoms with Gasteiger partial charge < -0.3 is 15.2 Å². The number of hydrogen-bond acceptors (Lipinski definition) is 3. The fraction of sp³-hybridized carbons (Fsp3) is 1.00. The van der Waals surface area contributed by atoms with E-state index in [-0.39, 0.29) is 6.10 Å². The number of ether oxygens (including phenoxy) is 1. The van der Waals surface area contributed by atoms with Gasteiger partial charge in [-0.15, -0.1) is 0 Å². The van der Waals surface area contributed by atoms with E-state index in [1.165, 1.54) is 12.8 Å². The lowest BCUT2D eigenvalue weighted by Crippen LogP contribution is -2.38. The van der Waals surface area contributed by atoms with Gasteiger partial charge in [0.2, 0.25) is 0 Å². The Morgan fingerprint density at radius 2 is 2.23 bits per heavy atom. The lowest BCUT2D eigenvalue weighted by Gasteiger charge is -2.18. The van der Waals surface area contributed by atoms with Crippen LogP contribution in [0.4, 0.5) is 0 Å². The average molecular weight is 187 g/mol. The van der Waals surface area contributed by atoms with Gasteiger partial charge in [-0.2, -0.15) is 0 Å². The minimum atomic E-state index is -0.147. The van der Waals surface area contributed by atoms with Crippen LogP contribution in [0.2, 0.25) is 0 Å². The monoisotopic (exact) mass is 187 g/mol. The molecule has 0 radical (unpaired) electrons. The maximum absolute atomic E-state index is 9.60. The van der Waals surface area contributed by atoms with Crippen molar-refractivity contribution in [2.45, 2.75) is 38.3 Å². The minimum absolute atomic E-state index is 0.147. The van der Waals surface area contributed by atoms with Gasteiger partial charge in [0.25, 0.3) is 0 Å². The first kappa shape index (κ1) is 11.0. The highest BCUT2D eigenvalue weighted by molar-refractivity contribution is 4.82. The Labute approximate surface area is 80.5 Å². The van der Waals surface area contributed by atoms with Crippen LogP contribution in [-0.4, -0.2) is 37.5 Å². The molecule has 78 valence electrons. The summed E-state index contributed by atoms with van der Waals surface area (Å²) in [6, 6.07) is 0.387. The second kappa shape index (κ2) is 5.58. The van der Waals surface area contributed by atoms with E-state index in [1.54, 1.807) is 7.11 Å². The van der Waals surface area contributed by atoms with E-state index in [1.807, 2.05) is 0 Å². The Hall–Kier alpha value is -0.120. The van der Waals surface area contributed by atoms with Crippen LogP contribution in [0, 0.1) is 5.92 Å². The third-order valence-corrected chi connectivity index (χ3v) is 2.64. The van der Waals surface area contributed by atoms with Crippen LogP contribution in [0.25, 0.3) is 0 Å². The zero-order chi connectivity index (χ0) is 9.68. The Bertz CT molecular complexity index is 137. The molecule has 3 heteroatoms. The summed E-state index contributed by atoms with van der Waals surface area (Å²) in [6.07, 6.45) is 3.30. The van der Waals surface area contributed by atoms with Crippen molar-refractivity contribution in [3.05, 3.63) is 0 Å². The SMILES string of the molecule is CCC(COC)NCC(O)C1CC1. The molecule has 2 atom stereocenters. The lowest BCUT2D eigenvalue weighted by molar-refractivity contribution is 0.124. The number of rotatable bonds is 7. The van der Waals surface area contributed by atoms with Crippen LogP contribution >= 0.6 is 0 Å². The fourth-order valence-electron chi connectivity index (χ4n) is 1.46. The van der Waals surface area contributed by atoms with Gasteiger partial charge in [0, 0.05) is 19.7 Å². The molecule has 0 aromatic carbocycles. The van der Waals surface area contributed by atoms with Crippen molar-refractivity contribution in [2.24, 2.45) is 5.92 Å². The van der Waals surface area contributed by atoms with Gasteiger partial charge in [0.1, 0.15) is 0 Å². The third-order valence-electron chi connectivity index (χ3n) is 2.64. The van der Waals surface area contributed by atoms with Crippen molar-refractivity contribution >= 4 is 0 Å². The summed E-state index contributed by atoms with van der Waals surface area (Å²) in [7, 11) is 1.71. The number of aliphatic hydroxyl groups excluding tert-OH is 1. The molecule has 1 rings (SSSR count). The van der Waals surface area contributed by atoms with Gasteiger partial charge in [0.05, 0.1) is 12.7 Å². The predicted octanol–water partition coefficient (Wildman–Crippen LogP) is 0.772. The molecule has 3 nitrogen and oxygen atoms in total. The summed E-state index contributed by atoms with van der Waals surface area (Å²) >= 11 is 0. The summed E-state index contributed by atoms with van der Waals surface area (Å²) in [4.78, 5) is 0. The van der Waals surface area contributed by atoms with E-state index in [4.69, 9.17) is 4.74 Å². The van der Waals surface area contributed by atoms with Gasteiger partial charge in [-0.3, -0.25) is 0 Å². The molecule has 0 amide bonds. The summed E-state index contributed by atoms with van der Waals surface area (Å²) in [6.45, 7) is 3.57. The van der Waals surface area contributed by atoms with Gasteiger partial charge in [-0.1, -0.05) is 6.92 Å². The van der Waals surface area contributed by atoms with Crippen LogP contribution in [0.15, 0.2) is 0 Å². The Morgan fingerprint density at radius 3 is 2.69 bits per heavy atom. The van der Waals surface area contributed by atoms with Crippen LogP contribution in [0.5, 0.6) is 0 Å². The number of hydrogen-bond donors (Lipinski definition) is 2. The van der Waals surface area contributed by atoms with E-state index in [0.717, 1.165) is 13.0 Å². The van der Waals surface area contributed by atoms with Crippen molar-refractivity contribution in [1.82, 2.24) is 5.32 Å². The average Bonchev–Trinajstić information content (AvgIpc) is 2.94. The van der Waals surface area contributed by atoms with E-state index < -0.39 is 0 Å². The van der Waals surface area contributed by atoms with Crippen LogP contribution in [0.3, 0.4) is 0 Å². The number of aliphatic hydroxyl groups is 1. The first-order valence-corrected chi connectivity index (χ1v) is 5.18. The molecule has 1 aliphatic carbocycles. The van der Waals surface area contributed by atoms with E-state index >= 15 is 0 Å². The Balaban J connectivity index is 2.06. The maximum atomic E-state index is 9.60. The fourth-order valence-corrected chi connectivity index (χ4v) is 1.46. The lowest BCUT2D eigenvalue weighted by atomic mass is 10.2. The first-order chi connectivity index (χ1) is 6.27. The molecule has 0 aliphatic heterocycles. The minimum Gasteiger partial charge on any atom is -0.392 e. The molecule has 1 fully saturated rings. The van der Waals surface area contributed by atoms with Crippen molar-refractivity contribution in [3.63, 3.8) is 0 Å². The summed E-state index contributed by atoms with van der Waals surface area (Å²) in [5.74, 6) is 0.563. The molecule has 0 aromatic rings. The molecule has 2 N–H and O–H groups in total. The molecule has 0 bridgehead atoms. The number of methoxy groups -OCH3 is 1. The maximum Gasteiger partial charge on any atom is 0.0692 e. The first-order valence-electron chi connectivity index (χ1n) is 5.18. The van der Waals surface area contributed by atoms with Crippen molar-refractivity contribution in [1.29, 1.82) is 0 Å².